The highest BCUT2D eigenvalue weighted by Crippen LogP contribution is 2.15. The second kappa shape index (κ2) is 4.38. The van der Waals surface area contributed by atoms with E-state index in [2.05, 4.69) is 5.32 Å². The maximum atomic E-state index is 13.0. The Labute approximate surface area is 79.0 Å². The Bertz CT molecular complexity index is 263. The first-order chi connectivity index (χ1) is 6.13. The molecule has 0 unspecified atom stereocenters. The van der Waals surface area contributed by atoms with Crippen molar-refractivity contribution < 1.29 is 4.39 Å². The molecule has 1 aromatic carbocycles. The number of hydrogen-bond donors (Lipinski definition) is 1. The van der Waals surface area contributed by atoms with Gasteiger partial charge in [0.15, 0.2) is 0 Å². The fourth-order valence-electron chi connectivity index (χ4n) is 1.44. The highest BCUT2D eigenvalue weighted by atomic mass is 19.1. The van der Waals surface area contributed by atoms with Gasteiger partial charge in [-0.2, -0.15) is 0 Å². The third-order valence-electron chi connectivity index (χ3n) is 2.07. The van der Waals surface area contributed by atoms with Gasteiger partial charge in [-0.15, -0.1) is 0 Å². The Morgan fingerprint density at radius 2 is 2.08 bits per heavy atom. The summed E-state index contributed by atoms with van der Waals surface area (Å²) in [6.07, 6.45) is 0. The Morgan fingerprint density at radius 1 is 1.38 bits per heavy atom. The first-order valence-electron chi connectivity index (χ1n) is 4.64. The minimum atomic E-state index is -0.153. The van der Waals surface area contributed by atoms with Gasteiger partial charge in [0.05, 0.1) is 0 Å². The molecule has 0 aliphatic carbocycles. The summed E-state index contributed by atoms with van der Waals surface area (Å²) < 4.78 is 13.0. The molecule has 1 N–H and O–H groups in total. The van der Waals surface area contributed by atoms with Gasteiger partial charge in [0, 0.05) is 6.04 Å². The van der Waals surface area contributed by atoms with E-state index < -0.39 is 0 Å². The average molecular weight is 181 g/mol. The van der Waals surface area contributed by atoms with Crippen molar-refractivity contribution in [3.05, 3.63) is 35.1 Å². The maximum absolute atomic E-state index is 13.0. The third-order valence-corrected chi connectivity index (χ3v) is 2.07. The molecule has 0 saturated carbocycles. The minimum absolute atomic E-state index is 0.153. The van der Waals surface area contributed by atoms with E-state index >= 15 is 0 Å². The zero-order valence-corrected chi connectivity index (χ0v) is 8.39. The summed E-state index contributed by atoms with van der Waals surface area (Å²) >= 11 is 0. The molecule has 0 aliphatic heterocycles. The Morgan fingerprint density at radius 3 is 2.62 bits per heavy atom. The molecule has 2 heteroatoms. The number of nitrogens with one attached hydrogen (secondary N) is 1. The lowest BCUT2D eigenvalue weighted by Gasteiger charge is -2.13. The van der Waals surface area contributed by atoms with Crippen LogP contribution in [-0.2, 0) is 0 Å². The standard InChI is InChI=1S/C11H16FN/c1-4-13-9(3)10-5-8(2)6-11(12)7-10/h5-7,9,13H,4H2,1-3H3/t9-/m0/s1. The first-order valence-corrected chi connectivity index (χ1v) is 4.64. The topological polar surface area (TPSA) is 12.0 Å². The molecular weight excluding hydrogens is 165 g/mol. The lowest BCUT2D eigenvalue weighted by atomic mass is 10.1. The number of rotatable bonds is 3. The molecule has 1 atom stereocenters. The lowest BCUT2D eigenvalue weighted by molar-refractivity contribution is 0.582. The van der Waals surface area contributed by atoms with Crippen LogP contribution in [0.2, 0.25) is 0 Å². The summed E-state index contributed by atoms with van der Waals surface area (Å²) in [5, 5.41) is 3.25. The monoisotopic (exact) mass is 181 g/mol. The van der Waals surface area contributed by atoms with E-state index in [-0.39, 0.29) is 11.9 Å². The highest BCUT2D eigenvalue weighted by Gasteiger charge is 2.05. The van der Waals surface area contributed by atoms with Crippen molar-refractivity contribution in [2.45, 2.75) is 26.8 Å². The summed E-state index contributed by atoms with van der Waals surface area (Å²) in [5.74, 6) is -0.153. The van der Waals surface area contributed by atoms with Gasteiger partial charge in [-0.3, -0.25) is 0 Å². The molecule has 0 saturated heterocycles. The van der Waals surface area contributed by atoms with Crippen LogP contribution in [0.1, 0.15) is 31.0 Å². The van der Waals surface area contributed by atoms with Crippen molar-refractivity contribution in [3.8, 4) is 0 Å². The Kier molecular flexibility index (Phi) is 3.43. The van der Waals surface area contributed by atoms with Crippen LogP contribution in [0.15, 0.2) is 18.2 Å². The molecule has 0 aliphatic rings. The van der Waals surface area contributed by atoms with E-state index in [1.54, 1.807) is 12.1 Å². The fourth-order valence-corrected chi connectivity index (χ4v) is 1.44. The van der Waals surface area contributed by atoms with Gasteiger partial charge in [0.2, 0.25) is 0 Å². The summed E-state index contributed by atoms with van der Waals surface area (Å²) in [6, 6.07) is 5.36. The van der Waals surface area contributed by atoms with E-state index in [0.717, 1.165) is 17.7 Å². The van der Waals surface area contributed by atoms with Crippen LogP contribution < -0.4 is 5.32 Å². The molecule has 1 aromatic rings. The van der Waals surface area contributed by atoms with Gasteiger partial charge in [0.25, 0.3) is 0 Å². The quantitative estimate of drug-likeness (QED) is 0.756. The largest absolute Gasteiger partial charge is 0.310 e. The van der Waals surface area contributed by atoms with E-state index in [4.69, 9.17) is 0 Å². The van der Waals surface area contributed by atoms with Crippen LogP contribution in [0, 0.1) is 12.7 Å². The molecule has 0 aromatic heterocycles. The van der Waals surface area contributed by atoms with Crippen LogP contribution in [0.5, 0.6) is 0 Å². The van der Waals surface area contributed by atoms with Gasteiger partial charge in [0.1, 0.15) is 5.82 Å². The molecule has 13 heavy (non-hydrogen) atoms. The highest BCUT2D eigenvalue weighted by molar-refractivity contribution is 5.25. The van der Waals surface area contributed by atoms with Crippen molar-refractivity contribution >= 4 is 0 Å². The number of halogens is 1. The molecule has 0 bridgehead atoms. The molecule has 1 nitrogen and oxygen atoms in total. The summed E-state index contributed by atoms with van der Waals surface area (Å²) in [6.45, 7) is 6.89. The van der Waals surface area contributed by atoms with Crippen molar-refractivity contribution in [1.82, 2.24) is 5.32 Å². The molecule has 0 amide bonds. The lowest BCUT2D eigenvalue weighted by Crippen LogP contribution is -2.17. The SMILES string of the molecule is CCN[C@@H](C)c1cc(C)cc(F)c1. The van der Waals surface area contributed by atoms with Crippen molar-refractivity contribution in [2.24, 2.45) is 0 Å². The smallest absolute Gasteiger partial charge is 0.123 e. The van der Waals surface area contributed by atoms with Gasteiger partial charge >= 0.3 is 0 Å². The molecule has 0 radical (unpaired) electrons. The van der Waals surface area contributed by atoms with Gasteiger partial charge < -0.3 is 5.32 Å². The predicted octanol–water partition coefficient (Wildman–Crippen LogP) is 2.80. The number of aryl methyl sites for hydroxylation is 1. The summed E-state index contributed by atoms with van der Waals surface area (Å²) in [7, 11) is 0. The van der Waals surface area contributed by atoms with Crippen molar-refractivity contribution in [2.75, 3.05) is 6.54 Å². The Hall–Kier alpha value is -0.890. The minimum Gasteiger partial charge on any atom is -0.310 e. The maximum Gasteiger partial charge on any atom is 0.123 e. The van der Waals surface area contributed by atoms with E-state index in [9.17, 15) is 4.39 Å². The van der Waals surface area contributed by atoms with Crippen LogP contribution in [0.4, 0.5) is 4.39 Å². The van der Waals surface area contributed by atoms with Crippen LogP contribution >= 0.6 is 0 Å². The van der Waals surface area contributed by atoms with Crippen LogP contribution in [-0.4, -0.2) is 6.54 Å². The molecule has 0 heterocycles. The van der Waals surface area contributed by atoms with E-state index in [1.165, 1.54) is 0 Å². The van der Waals surface area contributed by atoms with Crippen molar-refractivity contribution in [3.63, 3.8) is 0 Å². The predicted molar refractivity (Wildman–Crippen MR) is 53.2 cm³/mol. The number of hydrogen-bond acceptors (Lipinski definition) is 1. The molecule has 0 spiro atoms. The zero-order valence-electron chi connectivity index (χ0n) is 8.39. The van der Waals surface area contributed by atoms with Crippen molar-refractivity contribution in [1.29, 1.82) is 0 Å². The second-order valence-electron chi connectivity index (χ2n) is 3.34. The molecule has 0 fully saturated rings. The third kappa shape index (κ3) is 2.81. The second-order valence-corrected chi connectivity index (χ2v) is 3.34. The van der Waals surface area contributed by atoms with Gasteiger partial charge in [-0.05, 0) is 43.7 Å². The van der Waals surface area contributed by atoms with E-state index in [0.29, 0.717) is 0 Å². The molecule has 1 rings (SSSR count). The van der Waals surface area contributed by atoms with Gasteiger partial charge in [-0.25, -0.2) is 4.39 Å². The average Bonchev–Trinajstić information content (AvgIpc) is 2.03. The van der Waals surface area contributed by atoms with E-state index in [1.807, 2.05) is 26.8 Å². The summed E-state index contributed by atoms with van der Waals surface area (Å²) in [5.41, 5.74) is 1.99. The first kappa shape index (κ1) is 10.2. The normalized spacial score (nSPS) is 12.9. The number of benzene rings is 1. The molecular formula is C11H16FN. The molecule has 72 valence electrons. The van der Waals surface area contributed by atoms with Crippen LogP contribution in [0.3, 0.4) is 0 Å². The summed E-state index contributed by atoms with van der Waals surface area (Å²) in [4.78, 5) is 0. The Balaban J connectivity index is 2.87. The van der Waals surface area contributed by atoms with Crippen LogP contribution in [0.25, 0.3) is 0 Å². The van der Waals surface area contributed by atoms with Gasteiger partial charge in [-0.1, -0.05) is 13.0 Å². The zero-order chi connectivity index (χ0) is 9.84. The fraction of sp³-hybridized carbons (Fsp3) is 0.455.